The van der Waals surface area contributed by atoms with Crippen LogP contribution in [0.1, 0.15) is 22.9 Å². The summed E-state index contributed by atoms with van der Waals surface area (Å²) in [6.07, 6.45) is -2.45. The van der Waals surface area contributed by atoms with Gasteiger partial charge in [-0.3, -0.25) is 0 Å². The molecule has 68 valence electrons. The topological polar surface area (TPSA) is 46.2 Å². The van der Waals surface area contributed by atoms with E-state index in [4.69, 9.17) is 10.8 Å². The summed E-state index contributed by atoms with van der Waals surface area (Å²) in [6, 6.07) is 0.782. The van der Waals surface area contributed by atoms with Gasteiger partial charge in [-0.05, 0) is 17.0 Å². The van der Waals surface area contributed by atoms with Crippen LogP contribution in [-0.2, 0) is 0 Å². The van der Waals surface area contributed by atoms with Crippen LogP contribution in [0.2, 0.25) is 0 Å². The lowest BCUT2D eigenvalue weighted by Crippen LogP contribution is -2.13. The standard InChI is InChI=1S/C7H9F2NOS/c8-7(9)6-1-4(3-12-6)5(10)2-11/h1,3,5,7,11H,2,10H2/t5-/m0/s1. The van der Waals surface area contributed by atoms with E-state index < -0.39 is 12.5 Å². The zero-order valence-electron chi connectivity index (χ0n) is 6.21. The largest absolute Gasteiger partial charge is 0.394 e. The Kier molecular flexibility index (Phi) is 3.13. The van der Waals surface area contributed by atoms with Crippen molar-refractivity contribution < 1.29 is 13.9 Å². The molecule has 0 amide bonds. The van der Waals surface area contributed by atoms with Gasteiger partial charge in [-0.15, -0.1) is 11.3 Å². The molecule has 1 rings (SSSR count). The Morgan fingerprint density at radius 2 is 2.25 bits per heavy atom. The van der Waals surface area contributed by atoms with Crippen molar-refractivity contribution in [3.63, 3.8) is 0 Å². The fourth-order valence-corrected chi connectivity index (χ4v) is 1.60. The molecule has 1 atom stereocenters. The van der Waals surface area contributed by atoms with Gasteiger partial charge in [0, 0.05) is 0 Å². The summed E-state index contributed by atoms with van der Waals surface area (Å²) in [7, 11) is 0. The first kappa shape index (κ1) is 9.57. The third-order valence-electron chi connectivity index (χ3n) is 1.48. The lowest BCUT2D eigenvalue weighted by molar-refractivity contribution is 0.155. The Morgan fingerprint density at radius 1 is 1.58 bits per heavy atom. The smallest absolute Gasteiger partial charge is 0.272 e. The Bertz CT molecular complexity index is 251. The molecule has 0 bridgehead atoms. The monoisotopic (exact) mass is 193 g/mol. The minimum absolute atomic E-state index is 0.00565. The van der Waals surface area contributed by atoms with E-state index in [0.717, 1.165) is 11.3 Å². The maximum Gasteiger partial charge on any atom is 0.272 e. The zero-order valence-corrected chi connectivity index (χ0v) is 7.02. The van der Waals surface area contributed by atoms with Gasteiger partial charge in [0.05, 0.1) is 17.5 Å². The van der Waals surface area contributed by atoms with Crippen molar-refractivity contribution >= 4 is 11.3 Å². The van der Waals surface area contributed by atoms with Gasteiger partial charge in [0.25, 0.3) is 6.43 Å². The highest BCUT2D eigenvalue weighted by Crippen LogP contribution is 2.27. The molecule has 3 N–H and O–H groups in total. The average Bonchev–Trinajstić information content (AvgIpc) is 2.51. The minimum atomic E-state index is -2.45. The normalized spacial score (nSPS) is 13.8. The quantitative estimate of drug-likeness (QED) is 0.767. The number of rotatable bonds is 3. The van der Waals surface area contributed by atoms with Gasteiger partial charge in [0.15, 0.2) is 0 Å². The summed E-state index contributed by atoms with van der Waals surface area (Å²) < 4.78 is 24.1. The maximum absolute atomic E-state index is 12.1. The highest BCUT2D eigenvalue weighted by atomic mass is 32.1. The fraction of sp³-hybridized carbons (Fsp3) is 0.429. The first-order valence-electron chi connectivity index (χ1n) is 3.38. The van der Waals surface area contributed by atoms with Gasteiger partial charge in [0.2, 0.25) is 0 Å². The van der Waals surface area contributed by atoms with Crippen molar-refractivity contribution in [1.82, 2.24) is 0 Å². The summed E-state index contributed by atoms with van der Waals surface area (Å²) in [6.45, 7) is -0.223. The van der Waals surface area contributed by atoms with Gasteiger partial charge in [-0.1, -0.05) is 0 Å². The van der Waals surface area contributed by atoms with Crippen molar-refractivity contribution in [2.24, 2.45) is 5.73 Å². The van der Waals surface area contributed by atoms with E-state index in [1.54, 1.807) is 5.38 Å². The molecule has 1 aromatic rings. The van der Waals surface area contributed by atoms with Gasteiger partial charge < -0.3 is 10.8 Å². The second-order valence-electron chi connectivity index (χ2n) is 2.37. The van der Waals surface area contributed by atoms with Crippen molar-refractivity contribution in [2.45, 2.75) is 12.5 Å². The van der Waals surface area contributed by atoms with Crippen LogP contribution in [-0.4, -0.2) is 11.7 Å². The second-order valence-corrected chi connectivity index (χ2v) is 3.31. The van der Waals surface area contributed by atoms with Crippen molar-refractivity contribution in [3.05, 3.63) is 21.9 Å². The number of nitrogens with two attached hydrogens (primary N) is 1. The molecule has 0 unspecified atom stereocenters. The molecule has 5 heteroatoms. The molecule has 0 aromatic carbocycles. The Hall–Kier alpha value is -0.520. The van der Waals surface area contributed by atoms with Crippen molar-refractivity contribution in [3.8, 4) is 0 Å². The number of hydrogen-bond donors (Lipinski definition) is 2. The van der Waals surface area contributed by atoms with E-state index in [0.29, 0.717) is 5.56 Å². The molecule has 0 aliphatic heterocycles. The molecule has 0 saturated carbocycles. The molecule has 0 fully saturated rings. The summed E-state index contributed by atoms with van der Waals surface area (Å²) in [5.74, 6) is 0. The first-order valence-corrected chi connectivity index (χ1v) is 4.26. The molecular weight excluding hydrogens is 184 g/mol. The number of alkyl halides is 2. The van der Waals surface area contributed by atoms with Gasteiger partial charge >= 0.3 is 0 Å². The Balaban J connectivity index is 2.77. The fourth-order valence-electron chi connectivity index (χ4n) is 0.783. The van der Waals surface area contributed by atoms with Crippen LogP contribution in [0.15, 0.2) is 11.4 Å². The van der Waals surface area contributed by atoms with Crippen LogP contribution in [0.4, 0.5) is 8.78 Å². The van der Waals surface area contributed by atoms with E-state index in [-0.39, 0.29) is 11.5 Å². The summed E-state index contributed by atoms with van der Waals surface area (Å²) in [4.78, 5) is -0.00565. The molecule has 0 aliphatic rings. The van der Waals surface area contributed by atoms with E-state index in [2.05, 4.69) is 0 Å². The third kappa shape index (κ3) is 2.00. The van der Waals surface area contributed by atoms with Crippen LogP contribution < -0.4 is 5.73 Å². The first-order chi connectivity index (χ1) is 5.65. The number of halogens is 2. The van der Waals surface area contributed by atoms with Crippen LogP contribution in [0.25, 0.3) is 0 Å². The average molecular weight is 193 g/mol. The second kappa shape index (κ2) is 3.93. The molecule has 0 saturated heterocycles. The predicted molar refractivity (Wildman–Crippen MR) is 43.3 cm³/mol. The molecule has 0 spiro atoms. The number of thiophene rings is 1. The predicted octanol–water partition coefficient (Wildman–Crippen LogP) is 1.68. The Labute approximate surface area is 72.6 Å². The highest BCUT2D eigenvalue weighted by Gasteiger charge is 2.13. The van der Waals surface area contributed by atoms with Gasteiger partial charge in [-0.2, -0.15) is 0 Å². The minimum Gasteiger partial charge on any atom is -0.394 e. The molecule has 0 aliphatic carbocycles. The molecule has 0 radical (unpaired) electrons. The van der Waals surface area contributed by atoms with Crippen LogP contribution in [0.3, 0.4) is 0 Å². The summed E-state index contributed by atoms with van der Waals surface area (Å²) >= 11 is 0.960. The maximum atomic E-state index is 12.1. The molecule has 2 nitrogen and oxygen atoms in total. The van der Waals surface area contributed by atoms with E-state index in [1.165, 1.54) is 6.07 Å². The summed E-state index contributed by atoms with van der Waals surface area (Å²) in [5, 5.41) is 10.2. The van der Waals surface area contributed by atoms with Crippen LogP contribution >= 0.6 is 11.3 Å². The van der Waals surface area contributed by atoms with Crippen LogP contribution in [0.5, 0.6) is 0 Å². The lowest BCUT2D eigenvalue weighted by atomic mass is 10.2. The van der Waals surface area contributed by atoms with Gasteiger partial charge in [0.1, 0.15) is 0 Å². The third-order valence-corrected chi connectivity index (χ3v) is 2.44. The van der Waals surface area contributed by atoms with Crippen molar-refractivity contribution in [2.75, 3.05) is 6.61 Å². The van der Waals surface area contributed by atoms with E-state index >= 15 is 0 Å². The van der Waals surface area contributed by atoms with E-state index in [9.17, 15) is 8.78 Å². The number of aliphatic hydroxyl groups is 1. The van der Waals surface area contributed by atoms with E-state index in [1.807, 2.05) is 0 Å². The van der Waals surface area contributed by atoms with Crippen molar-refractivity contribution in [1.29, 1.82) is 0 Å². The lowest BCUT2D eigenvalue weighted by Gasteiger charge is -2.03. The highest BCUT2D eigenvalue weighted by molar-refractivity contribution is 7.10. The number of hydrogen-bond acceptors (Lipinski definition) is 3. The Morgan fingerprint density at radius 3 is 2.67 bits per heavy atom. The summed E-state index contributed by atoms with van der Waals surface area (Å²) in [5.41, 5.74) is 5.99. The van der Waals surface area contributed by atoms with Gasteiger partial charge in [-0.25, -0.2) is 8.78 Å². The zero-order chi connectivity index (χ0) is 9.14. The number of aliphatic hydroxyl groups excluding tert-OH is 1. The van der Waals surface area contributed by atoms with Crippen LogP contribution in [0, 0.1) is 0 Å². The molecule has 12 heavy (non-hydrogen) atoms. The SMILES string of the molecule is N[C@@H](CO)c1csc(C(F)F)c1. The molecular formula is C7H9F2NOS. The molecule has 1 aromatic heterocycles. The molecule has 1 heterocycles.